The first-order chi connectivity index (χ1) is 21.1. The van der Waals surface area contributed by atoms with Gasteiger partial charge in [0, 0.05) is 22.1 Å². The molecule has 204 valence electrons. The first-order valence-electron chi connectivity index (χ1n) is 14.7. The standard InChI is InChI=1S/C40H29N3/c1-40(2)34-23-9-8-20-33(34)36-31(21-12-24-35(36)40)28-17-10-18-29(25-28)38-41-37(27-14-4-3-5-15-27)42-39(43-38)32-22-11-16-26-13-6-7-19-30(26)32/h3-25H,1-2H3. The highest BCUT2D eigenvalue weighted by Gasteiger charge is 2.36. The predicted molar refractivity (Wildman–Crippen MR) is 177 cm³/mol. The van der Waals surface area contributed by atoms with Gasteiger partial charge in [0.1, 0.15) is 0 Å². The molecule has 1 aliphatic carbocycles. The topological polar surface area (TPSA) is 38.7 Å². The summed E-state index contributed by atoms with van der Waals surface area (Å²) in [7, 11) is 0. The Bertz CT molecular complexity index is 2160. The van der Waals surface area contributed by atoms with Gasteiger partial charge in [0.2, 0.25) is 0 Å². The number of hydrogen-bond donors (Lipinski definition) is 0. The normalized spacial score (nSPS) is 13.1. The lowest BCUT2D eigenvalue weighted by Crippen LogP contribution is -2.14. The van der Waals surface area contributed by atoms with E-state index in [4.69, 9.17) is 15.0 Å². The van der Waals surface area contributed by atoms with Crippen LogP contribution in [0.15, 0.2) is 140 Å². The number of fused-ring (bicyclic) bond motifs is 4. The third-order valence-electron chi connectivity index (χ3n) is 8.74. The van der Waals surface area contributed by atoms with Crippen molar-refractivity contribution in [2.75, 3.05) is 0 Å². The van der Waals surface area contributed by atoms with Gasteiger partial charge in [-0.1, -0.05) is 147 Å². The van der Waals surface area contributed by atoms with Crippen LogP contribution in [0.2, 0.25) is 0 Å². The molecule has 7 aromatic rings. The fourth-order valence-electron chi connectivity index (χ4n) is 6.58. The van der Waals surface area contributed by atoms with Gasteiger partial charge < -0.3 is 0 Å². The monoisotopic (exact) mass is 551 g/mol. The van der Waals surface area contributed by atoms with E-state index in [1.165, 1.54) is 27.8 Å². The summed E-state index contributed by atoms with van der Waals surface area (Å²) in [5.74, 6) is 1.99. The lowest BCUT2D eigenvalue weighted by Gasteiger charge is -2.21. The summed E-state index contributed by atoms with van der Waals surface area (Å²) in [6.07, 6.45) is 0. The quantitative estimate of drug-likeness (QED) is 0.218. The molecule has 1 aliphatic rings. The van der Waals surface area contributed by atoms with Crippen LogP contribution in [0.4, 0.5) is 0 Å². The maximum absolute atomic E-state index is 5.09. The second-order valence-corrected chi connectivity index (χ2v) is 11.7. The average molecular weight is 552 g/mol. The van der Waals surface area contributed by atoms with Crippen molar-refractivity contribution in [3.63, 3.8) is 0 Å². The minimum Gasteiger partial charge on any atom is -0.208 e. The third kappa shape index (κ3) is 4.16. The first-order valence-corrected chi connectivity index (χ1v) is 14.7. The van der Waals surface area contributed by atoms with Crippen LogP contribution in [-0.2, 0) is 5.41 Å². The van der Waals surface area contributed by atoms with Gasteiger partial charge in [0.05, 0.1) is 0 Å². The van der Waals surface area contributed by atoms with Crippen LogP contribution in [0.1, 0.15) is 25.0 Å². The maximum atomic E-state index is 5.09. The van der Waals surface area contributed by atoms with Crippen molar-refractivity contribution in [1.82, 2.24) is 15.0 Å². The van der Waals surface area contributed by atoms with E-state index in [-0.39, 0.29) is 5.41 Å². The number of rotatable bonds is 4. The molecule has 0 N–H and O–H groups in total. The lowest BCUT2D eigenvalue weighted by molar-refractivity contribution is 0.660. The molecule has 0 atom stereocenters. The second-order valence-electron chi connectivity index (χ2n) is 11.7. The van der Waals surface area contributed by atoms with E-state index < -0.39 is 0 Å². The van der Waals surface area contributed by atoms with E-state index in [0.29, 0.717) is 17.5 Å². The molecule has 0 radical (unpaired) electrons. The molecule has 0 saturated heterocycles. The predicted octanol–water partition coefficient (Wildman–Crippen LogP) is 10.00. The fourth-order valence-corrected chi connectivity index (χ4v) is 6.58. The zero-order chi connectivity index (χ0) is 29.0. The summed E-state index contributed by atoms with van der Waals surface area (Å²) in [5, 5.41) is 2.28. The van der Waals surface area contributed by atoms with Crippen molar-refractivity contribution < 1.29 is 0 Å². The fraction of sp³-hybridized carbons (Fsp3) is 0.0750. The van der Waals surface area contributed by atoms with Crippen LogP contribution >= 0.6 is 0 Å². The van der Waals surface area contributed by atoms with Crippen molar-refractivity contribution in [3.8, 4) is 56.4 Å². The number of nitrogens with zero attached hydrogens (tertiary/aromatic N) is 3. The van der Waals surface area contributed by atoms with Crippen molar-refractivity contribution in [2.45, 2.75) is 19.3 Å². The summed E-state index contributed by atoms with van der Waals surface area (Å²) in [5.41, 5.74) is 10.6. The van der Waals surface area contributed by atoms with Crippen LogP contribution < -0.4 is 0 Å². The van der Waals surface area contributed by atoms with Crippen molar-refractivity contribution in [2.24, 2.45) is 0 Å². The van der Waals surface area contributed by atoms with Crippen LogP contribution in [0.25, 0.3) is 67.2 Å². The van der Waals surface area contributed by atoms with E-state index in [1.807, 2.05) is 18.2 Å². The highest BCUT2D eigenvalue weighted by Crippen LogP contribution is 2.52. The SMILES string of the molecule is CC1(C)c2ccccc2-c2c(-c3cccc(-c4nc(-c5ccccc5)nc(-c5cccc6ccccc56)n4)c3)cccc21. The van der Waals surface area contributed by atoms with Gasteiger partial charge in [-0.15, -0.1) is 0 Å². The Morgan fingerprint density at radius 2 is 0.977 bits per heavy atom. The molecular formula is C40H29N3. The molecule has 3 nitrogen and oxygen atoms in total. The summed E-state index contributed by atoms with van der Waals surface area (Å²) in [6.45, 7) is 4.64. The molecule has 3 heteroatoms. The Morgan fingerprint density at radius 1 is 0.419 bits per heavy atom. The molecule has 0 amide bonds. The van der Waals surface area contributed by atoms with E-state index in [1.54, 1.807) is 0 Å². The summed E-state index contributed by atoms with van der Waals surface area (Å²) in [4.78, 5) is 15.1. The van der Waals surface area contributed by atoms with E-state index >= 15 is 0 Å². The average Bonchev–Trinajstić information content (AvgIpc) is 3.31. The van der Waals surface area contributed by atoms with Crippen LogP contribution in [0.3, 0.4) is 0 Å². The Kier molecular flexibility index (Phi) is 5.80. The molecule has 8 rings (SSSR count). The van der Waals surface area contributed by atoms with E-state index in [0.717, 1.165) is 33.0 Å². The van der Waals surface area contributed by atoms with Gasteiger partial charge in [-0.3, -0.25) is 0 Å². The molecule has 0 unspecified atom stereocenters. The molecule has 6 aromatic carbocycles. The highest BCUT2D eigenvalue weighted by atomic mass is 15.0. The summed E-state index contributed by atoms with van der Waals surface area (Å²) in [6, 6.07) is 48.9. The van der Waals surface area contributed by atoms with Gasteiger partial charge in [-0.25, -0.2) is 15.0 Å². The molecule has 0 aliphatic heterocycles. The largest absolute Gasteiger partial charge is 0.208 e. The minimum atomic E-state index is -0.0499. The Labute approximate surface area is 251 Å². The zero-order valence-electron chi connectivity index (χ0n) is 24.1. The van der Waals surface area contributed by atoms with Gasteiger partial charge in [0.15, 0.2) is 17.5 Å². The molecule has 0 bridgehead atoms. The van der Waals surface area contributed by atoms with Crippen molar-refractivity contribution in [1.29, 1.82) is 0 Å². The van der Waals surface area contributed by atoms with Gasteiger partial charge in [0.25, 0.3) is 0 Å². The van der Waals surface area contributed by atoms with Crippen LogP contribution in [0.5, 0.6) is 0 Å². The highest BCUT2D eigenvalue weighted by molar-refractivity contribution is 5.96. The lowest BCUT2D eigenvalue weighted by atomic mass is 9.82. The zero-order valence-corrected chi connectivity index (χ0v) is 24.1. The molecule has 0 fully saturated rings. The molecule has 0 saturated carbocycles. The maximum Gasteiger partial charge on any atom is 0.164 e. The number of hydrogen-bond acceptors (Lipinski definition) is 3. The van der Waals surface area contributed by atoms with Gasteiger partial charge in [-0.2, -0.15) is 0 Å². The van der Waals surface area contributed by atoms with Crippen molar-refractivity contribution in [3.05, 3.63) is 151 Å². The third-order valence-corrected chi connectivity index (χ3v) is 8.74. The summed E-state index contributed by atoms with van der Waals surface area (Å²) >= 11 is 0. The van der Waals surface area contributed by atoms with E-state index in [2.05, 4.69) is 135 Å². The summed E-state index contributed by atoms with van der Waals surface area (Å²) < 4.78 is 0. The molecule has 1 aromatic heterocycles. The Hall–Kier alpha value is -5.41. The molecule has 1 heterocycles. The van der Waals surface area contributed by atoms with Gasteiger partial charge in [-0.05, 0) is 50.2 Å². The smallest absolute Gasteiger partial charge is 0.164 e. The number of benzene rings is 6. The van der Waals surface area contributed by atoms with Crippen LogP contribution in [0, 0.1) is 0 Å². The van der Waals surface area contributed by atoms with Crippen LogP contribution in [-0.4, -0.2) is 15.0 Å². The first kappa shape index (κ1) is 25.3. The minimum absolute atomic E-state index is 0.0499. The Morgan fingerprint density at radius 3 is 1.86 bits per heavy atom. The second kappa shape index (κ2) is 9.85. The molecule has 43 heavy (non-hydrogen) atoms. The van der Waals surface area contributed by atoms with Crippen molar-refractivity contribution >= 4 is 10.8 Å². The number of aromatic nitrogens is 3. The molecule has 0 spiro atoms. The van der Waals surface area contributed by atoms with E-state index in [9.17, 15) is 0 Å². The van der Waals surface area contributed by atoms with Gasteiger partial charge >= 0.3 is 0 Å². The Balaban J connectivity index is 1.32. The molecular weight excluding hydrogens is 522 g/mol.